The van der Waals surface area contributed by atoms with Crippen LogP contribution in [-0.2, 0) is 19.1 Å². The molecule has 3 fully saturated rings. The van der Waals surface area contributed by atoms with Crippen LogP contribution in [0.25, 0.3) is 0 Å². The van der Waals surface area contributed by atoms with Gasteiger partial charge in [-0.3, -0.25) is 9.59 Å². The van der Waals surface area contributed by atoms with E-state index in [4.69, 9.17) is 9.47 Å². The summed E-state index contributed by atoms with van der Waals surface area (Å²) in [5.74, 6) is 1.24. The molecule has 0 amide bonds. The number of ether oxygens (including phenoxy) is 2. The average Bonchev–Trinajstić information content (AvgIpc) is 3.09. The molecule has 0 aromatic heterocycles. The van der Waals surface area contributed by atoms with E-state index in [9.17, 15) is 9.59 Å². The van der Waals surface area contributed by atoms with Crippen molar-refractivity contribution in [2.75, 3.05) is 18.6 Å². The number of thioether (sulfide) groups is 2. The highest BCUT2D eigenvalue weighted by Crippen LogP contribution is 2.62. The zero-order valence-corrected chi connectivity index (χ0v) is 13.5. The van der Waals surface area contributed by atoms with E-state index in [1.165, 1.54) is 24.2 Å². The molecule has 2 heterocycles. The van der Waals surface area contributed by atoms with Crippen molar-refractivity contribution in [3.8, 4) is 0 Å². The Hall–Kier alpha value is -0.620. The average molecular weight is 326 g/mol. The Morgan fingerprint density at radius 3 is 2.86 bits per heavy atom. The van der Waals surface area contributed by atoms with Gasteiger partial charge in [0.05, 0.1) is 23.0 Å². The normalized spacial score (nSPS) is 39.7. The Balaban J connectivity index is 1.75. The number of rotatable bonds is 1. The first-order chi connectivity index (χ1) is 10.2. The molecule has 6 heteroatoms. The van der Waals surface area contributed by atoms with Crippen LogP contribution in [0.2, 0.25) is 0 Å². The van der Waals surface area contributed by atoms with Gasteiger partial charge >= 0.3 is 11.9 Å². The Morgan fingerprint density at radius 2 is 2.14 bits per heavy atom. The standard InChI is InChI=1S/C15H18O4S2/c1-18-13(16)8-2-3-9-12-10(19-14(17)11(8)12)4-5-15(9)20-6-7-21-15/h3,8,10-12H,2,4-7H2,1H3/t8-,10-,11-,12-/m1/s1. The summed E-state index contributed by atoms with van der Waals surface area (Å²) in [5, 5.41) is 0. The summed E-state index contributed by atoms with van der Waals surface area (Å²) in [6.45, 7) is 0. The molecule has 21 heavy (non-hydrogen) atoms. The number of methoxy groups -OCH3 is 1. The van der Waals surface area contributed by atoms with Crippen molar-refractivity contribution < 1.29 is 19.1 Å². The van der Waals surface area contributed by atoms with Gasteiger partial charge in [-0.2, -0.15) is 0 Å². The molecule has 4 rings (SSSR count). The fraction of sp³-hybridized carbons (Fsp3) is 0.733. The molecule has 0 aromatic carbocycles. The molecule has 0 unspecified atom stereocenters. The van der Waals surface area contributed by atoms with E-state index in [0.717, 1.165) is 12.8 Å². The Labute approximate surface area is 132 Å². The Kier molecular flexibility index (Phi) is 3.30. The summed E-state index contributed by atoms with van der Waals surface area (Å²) >= 11 is 4.02. The van der Waals surface area contributed by atoms with Gasteiger partial charge in [-0.25, -0.2) is 0 Å². The molecule has 114 valence electrons. The quantitative estimate of drug-likeness (QED) is 0.544. The van der Waals surface area contributed by atoms with Gasteiger partial charge in [-0.05, 0) is 24.8 Å². The lowest BCUT2D eigenvalue weighted by molar-refractivity contribution is -0.154. The third-order valence-electron chi connectivity index (χ3n) is 5.17. The number of carbonyl (C=O) groups is 2. The summed E-state index contributed by atoms with van der Waals surface area (Å²) in [6, 6.07) is 0. The number of hydrogen-bond acceptors (Lipinski definition) is 6. The lowest BCUT2D eigenvalue weighted by atomic mass is 9.66. The van der Waals surface area contributed by atoms with Gasteiger partial charge in [0.15, 0.2) is 0 Å². The predicted molar refractivity (Wildman–Crippen MR) is 81.9 cm³/mol. The number of carbonyl (C=O) groups excluding carboxylic acids is 2. The van der Waals surface area contributed by atoms with Gasteiger partial charge in [-0.1, -0.05) is 6.08 Å². The van der Waals surface area contributed by atoms with Crippen molar-refractivity contribution in [3.63, 3.8) is 0 Å². The molecule has 0 aromatic rings. The first-order valence-corrected chi connectivity index (χ1v) is 9.40. The molecule has 2 aliphatic carbocycles. The SMILES string of the molecule is COC(=O)[C@@H]1CC=C2[C@H]3[C@@H]1C(=O)O[C@@H]3CCC21SCCS1. The van der Waals surface area contributed by atoms with Crippen molar-refractivity contribution in [2.45, 2.75) is 29.4 Å². The number of allylic oxidation sites excluding steroid dienone is 1. The second kappa shape index (κ2) is 4.95. The molecule has 1 spiro atoms. The van der Waals surface area contributed by atoms with Gasteiger partial charge in [0.2, 0.25) is 0 Å². The molecule has 0 bridgehead atoms. The molecule has 0 radical (unpaired) electrons. The molecule has 2 saturated heterocycles. The second-order valence-corrected chi connectivity index (χ2v) is 9.09. The van der Waals surface area contributed by atoms with Gasteiger partial charge < -0.3 is 9.47 Å². The lowest BCUT2D eigenvalue weighted by Gasteiger charge is -2.44. The van der Waals surface area contributed by atoms with Crippen molar-refractivity contribution in [2.24, 2.45) is 17.8 Å². The van der Waals surface area contributed by atoms with E-state index in [2.05, 4.69) is 6.08 Å². The molecule has 1 saturated carbocycles. The summed E-state index contributed by atoms with van der Waals surface area (Å²) in [7, 11) is 1.39. The fourth-order valence-electron chi connectivity index (χ4n) is 4.31. The minimum Gasteiger partial charge on any atom is -0.469 e. The highest BCUT2D eigenvalue weighted by molar-refractivity contribution is 8.21. The van der Waals surface area contributed by atoms with Crippen molar-refractivity contribution in [1.29, 1.82) is 0 Å². The van der Waals surface area contributed by atoms with Crippen LogP contribution in [0.1, 0.15) is 19.3 Å². The molecular formula is C15H18O4S2. The van der Waals surface area contributed by atoms with Crippen molar-refractivity contribution in [3.05, 3.63) is 11.6 Å². The summed E-state index contributed by atoms with van der Waals surface area (Å²) in [6.07, 6.45) is 4.76. The molecule has 4 atom stereocenters. The summed E-state index contributed by atoms with van der Waals surface area (Å²) in [4.78, 5) is 24.3. The van der Waals surface area contributed by atoms with Gasteiger partial charge in [-0.15, -0.1) is 23.5 Å². The highest BCUT2D eigenvalue weighted by atomic mass is 32.2. The van der Waals surface area contributed by atoms with Crippen LogP contribution >= 0.6 is 23.5 Å². The van der Waals surface area contributed by atoms with Crippen LogP contribution in [0.4, 0.5) is 0 Å². The van der Waals surface area contributed by atoms with Crippen molar-refractivity contribution >= 4 is 35.5 Å². The molecule has 4 aliphatic rings. The number of fused-ring (bicyclic) bond motifs is 1. The van der Waals surface area contributed by atoms with Crippen LogP contribution in [-0.4, -0.2) is 40.7 Å². The van der Waals surface area contributed by atoms with E-state index in [1.807, 2.05) is 23.5 Å². The highest BCUT2D eigenvalue weighted by Gasteiger charge is 2.60. The maximum atomic E-state index is 12.3. The predicted octanol–water partition coefficient (Wildman–Crippen LogP) is 2.23. The smallest absolute Gasteiger partial charge is 0.310 e. The Morgan fingerprint density at radius 1 is 1.38 bits per heavy atom. The van der Waals surface area contributed by atoms with Crippen LogP contribution in [0.15, 0.2) is 11.6 Å². The van der Waals surface area contributed by atoms with Crippen LogP contribution in [0, 0.1) is 17.8 Å². The summed E-state index contributed by atoms with van der Waals surface area (Å²) in [5.41, 5.74) is 1.36. The van der Waals surface area contributed by atoms with E-state index in [0.29, 0.717) is 6.42 Å². The first kappa shape index (κ1) is 14.0. The van der Waals surface area contributed by atoms with Crippen molar-refractivity contribution in [1.82, 2.24) is 0 Å². The number of esters is 2. The van der Waals surface area contributed by atoms with Crippen LogP contribution in [0.5, 0.6) is 0 Å². The zero-order valence-electron chi connectivity index (χ0n) is 11.9. The van der Waals surface area contributed by atoms with E-state index < -0.39 is 0 Å². The summed E-state index contributed by atoms with van der Waals surface area (Å²) < 4.78 is 10.6. The van der Waals surface area contributed by atoms with E-state index >= 15 is 0 Å². The zero-order chi connectivity index (χ0) is 14.6. The molecular weight excluding hydrogens is 308 g/mol. The minimum absolute atomic E-state index is 0.0337. The van der Waals surface area contributed by atoms with Gasteiger partial charge in [0.25, 0.3) is 0 Å². The maximum Gasteiger partial charge on any atom is 0.310 e. The van der Waals surface area contributed by atoms with Crippen LogP contribution < -0.4 is 0 Å². The largest absolute Gasteiger partial charge is 0.469 e. The molecule has 4 nitrogen and oxygen atoms in total. The first-order valence-electron chi connectivity index (χ1n) is 7.43. The van der Waals surface area contributed by atoms with Gasteiger partial charge in [0.1, 0.15) is 6.10 Å². The fourth-order valence-corrected chi connectivity index (χ4v) is 7.76. The van der Waals surface area contributed by atoms with E-state index in [-0.39, 0.29) is 39.9 Å². The lowest BCUT2D eigenvalue weighted by Crippen LogP contribution is -2.44. The molecule has 2 aliphatic heterocycles. The second-order valence-electron chi connectivity index (χ2n) is 6.04. The monoisotopic (exact) mass is 326 g/mol. The maximum absolute atomic E-state index is 12.3. The third kappa shape index (κ3) is 1.91. The molecule has 0 N–H and O–H groups in total. The topological polar surface area (TPSA) is 52.6 Å². The van der Waals surface area contributed by atoms with Crippen LogP contribution in [0.3, 0.4) is 0 Å². The van der Waals surface area contributed by atoms with E-state index in [1.54, 1.807) is 0 Å². The van der Waals surface area contributed by atoms with Gasteiger partial charge in [0, 0.05) is 17.4 Å². The number of hydrogen-bond donors (Lipinski definition) is 0. The Bertz CT molecular complexity index is 524. The third-order valence-corrected chi connectivity index (χ3v) is 8.76. The minimum atomic E-state index is -0.368.